The Bertz CT molecular complexity index is 1010. The van der Waals surface area contributed by atoms with Crippen molar-refractivity contribution in [2.75, 3.05) is 18.6 Å². The van der Waals surface area contributed by atoms with Gasteiger partial charge in [-0.25, -0.2) is 18.2 Å². The largest absolute Gasteiger partial charge is 0.462 e. The third-order valence-electron chi connectivity index (χ3n) is 4.42. The van der Waals surface area contributed by atoms with E-state index in [4.69, 9.17) is 4.74 Å². The smallest absolute Gasteiger partial charge is 0.339 e. The van der Waals surface area contributed by atoms with E-state index in [9.17, 15) is 18.5 Å². The lowest BCUT2D eigenvalue weighted by molar-refractivity contribution is 0.0504. The number of aromatic nitrogens is 1. The summed E-state index contributed by atoms with van der Waals surface area (Å²) in [6.45, 7) is -0.0363. The minimum Gasteiger partial charge on any atom is -0.462 e. The fourth-order valence-corrected chi connectivity index (χ4v) is 4.64. The molecule has 8 heteroatoms. The molecule has 28 heavy (non-hydrogen) atoms. The molecule has 1 aliphatic carbocycles. The second kappa shape index (κ2) is 8.76. The van der Waals surface area contributed by atoms with Gasteiger partial charge in [-0.3, -0.25) is 0 Å². The summed E-state index contributed by atoms with van der Waals surface area (Å²) in [6, 6.07) is 11.8. The van der Waals surface area contributed by atoms with E-state index in [1.807, 2.05) is 12.3 Å². The van der Waals surface area contributed by atoms with Crippen LogP contribution < -0.4 is 0 Å². The van der Waals surface area contributed by atoms with Gasteiger partial charge in [-0.2, -0.15) is 5.26 Å². The number of benzene rings is 1. The Morgan fingerprint density at radius 3 is 2.64 bits per heavy atom. The Labute approximate surface area is 168 Å². The molecule has 6 nitrogen and oxygen atoms in total. The van der Waals surface area contributed by atoms with E-state index < -0.39 is 15.8 Å². The predicted octanol–water partition coefficient (Wildman–Crippen LogP) is 3.57. The maximum atomic E-state index is 12.5. The van der Waals surface area contributed by atoms with Crippen molar-refractivity contribution in [3.63, 3.8) is 0 Å². The molecule has 0 saturated heterocycles. The highest BCUT2D eigenvalue weighted by molar-refractivity contribution is 7.98. The van der Waals surface area contributed by atoms with Crippen LogP contribution in [-0.4, -0.2) is 38.0 Å². The first-order valence-electron chi connectivity index (χ1n) is 8.90. The standard InChI is InChI=1S/C20H20N2O4S2/c1-27-19-17(13-21)16(12-18(22-19)14-8-9-14)20(23)26-10-5-11-28(24,25)15-6-3-2-4-7-15/h2-4,6-7,12,14H,5,8-11H2,1H3. The first-order valence-corrected chi connectivity index (χ1v) is 11.8. The molecule has 1 aromatic carbocycles. The summed E-state index contributed by atoms with van der Waals surface area (Å²) in [7, 11) is -3.41. The number of nitriles is 1. The molecule has 0 radical (unpaired) electrons. The van der Waals surface area contributed by atoms with Crippen molar-refractivity contribution in [1.82, 2.24) is 4.98 Å². The highest BCUT2D eigenvalue weighted by atomic mass is 32.2. The molecule has 1 fully saturated rings. The van der Waals surface area contributed by atoms with E-state index >= 15 is 0 Å². The van der Waals surface area contributed by atoms with Crippen molar-refractivity contribution in [3.8, 4) is 6.07 Å². The van der Waals surface area contributed by atoms with Gasteiger partial charge in [-0.1, -0.05) is 18.2 Å². The molecule has 0 unspecified atom stereocenters. The van der Waals surface area contributed by atoms with E-state index in [-0.39, 0.29) is 34.8 Å². The molecular formula is C20H20N2O4S2. The summed E-state index contributed by atoms with van der Waals surface area (Å²) in [4.78, 5) is 17.3. The number of thioether (sulfide) groups is 1. The van der Waals surface area contributed by atoms with Crippen molar-refractivity contribution >= 4 is 27.6 Å². The lowest BCUT2D eigenvalue weighted by atomic mass is 10.1. The number of nitrogens with zero attached hydrogens (tertiary/aromatic N) is 2. The molecule has 1 saturated carbocycles. The number of esters is 1. The van der Waals surface area contributed by atoms with Crippen LogP contribution in [0.25, 0.3) is 0 Å². The van der Waals surface area contributed by atoms with Gasteiger partial charge in [0.25, 0.3) is 0 Å². The van der Waals surface area contributed by atoms with Gasteiger partial charge in [-0.05, 0) is 43.7 Å². The molecule has 146 valence electrons. The topological polar surface area (TPSA) is 97.1 Å². The van der Waals surface area contributed by atoms with E-state index in [1.165, 1.54) is 11.8 Å². The Balaban J connectivity index is 1.65. The molecular weight excluding hydrogens is 396 g/mol. The summed E-state index contributed by atoms with van der Waals surface area (Å²) in [5.74, 6) is -0.399. The lowest BCUT2D eigenvalue weighted by Gasteiger charge is -2.10. The van der Waals surface area contributed by atoms with Crippen molar-refractivity contribution in [1.29, 1.82) is 5.26 Å². The predicted molar refractivity (Wildman–Crippen MR) is 106 cm³/mol. The van der Waals surface area contributed by atoms with E-state index in [1.54, 1.807) is 36.4 Å². The third kappa shape index (κ3) is 4.72. The van der Waals surface area contributed by atoms with Crippen LogP contribution in [-0.2, 0) is 14.6 Å². The monoisotopic (exact) mass is 416 g/mol. The van der Waals surface area contributed by atoms with Crippen molar-refractivity contribution in [3.05, 3.63) is 53.2 Å². The van der Waals surface area contributed by atoms with Gasteiger partial charge in [0.2, 0.25) is 0 Å². The number of carbonyl (C=O) groups excluding carboxylic acids is 1. The molecule has 0 amide bonds. The number of ether oxygens (including phenoxy) is 1. The molecule has 1 aliphatic rings. The number of pyridine rings is 1. The fourth-order valence-electron chi connectivity index (χ4n) is 2.78. The summed E-state index contributed by atoms with van der Waals surface area (Å²) in [5, 5.41) is 9.96. The van der Waals surface area contributed by atoms with Gasteiger partial charge in [0.05, 0.1) is 28.4 Å². The zero-order valence-corrected chi connectivity index (χ0v) is 17.1. The van der Waals surface area contributed by atoms with E-state index in [0.29, 0.717) is 10.9 Å². The van der Waals surface area contributed by atoms with Gasteiger partial charge in [0, 0.05) is 11.6 Å². The number of sulfone groups is 1. The van der Waals surface area contributed by atoms with E-state index in [0.717, 1.165) is 18.5 Å². The van der Waals surface area contributed by atoms with Crippen molar-refractivity contribution in [2.24, 2.45) is 0 Å². The second-order valence-corrected chi connectivity index (χ2v) is 9.39. The van der Waals surface area contributed by atoms with Gasteiger partial charge in [-0.15, -0.1) is 11.8 Å². The highest BCUT2D eigenvalue weighted by Gasteiger charge is 2.29. The van der Waals surface area contributed by atoms with Gasteiger partial charge >= 0.3 is 5.97 Å². The molecule has 1 aromatic heterocycles. The molecule has 1 heterocycles. The summed E-state index contributed by atoms with van der Waals surface area (Å²) < 4.78 is 29.8. The van der Waals surface area contributed by atoms with Crippen LogP contribution in [0.1, 0.15) is 46.8 Å². The molecule has 0 aliphatic heterocycles. The Morgan fingerprint density at radius 2 is 2.04 bits per heavy atom. The van der Waals surface area contributed by atoms with Crippen LogP contribution in [0, 0.1) is 11.3 Å². The molecule has 0 bridgehead atoms. The minimum atomic E-state index is -3.41. The zero-order chi connectivity index (χ0) is 20.1. The normalized spacial score (nSPS) is 13.7. The van der Waals surface area contributed by atoms with Gasteiger partial charge < -0.3 is 4.74 Å². The first kappa shape index (κ1) is 20.4. The van der Waals surface area contributed by atoms with Crippen molar-refractivity contribution < 1.29 is 17.9 Å². The van der Waals surface area contributed by atoms with Crippen LogP contribution >= 0.6 is 11.8 Å². The fraction of sp³-hybridized carbons (Fsp3) is 0.350. The zero-order valence-electron chi connectivity index (χ0n) is 15.4. The second-order valence-electron chi connectivity index (χ2n) is 6.49. The summed E-state index contributed by atoms with van der Waals surface area (Å²) >= 11 is 1.32. The lowest BCUT2D eigenvalue weighted by Crippen LogP contribution is -2.14. The average molecular weight is 417 g/mol. The maximum absolute atomic E-state index is 12.5. The first-order chi connectivity index (χ1) is 13.5. The number of hydrogen-bond donors (Lipinski definition) is 0. The van der Waals surface area contributed by atoms with Gasteiger partial charge in [0.1, 0.15) is 11.1 Å². The molecule has 2 aromatic rings. The molecule has 0 atom stereocenters. The highest BCUT2D eigenvalue weighted by Crippen LogP contribution is 2.40. The quantitative estimate of drug-likeness (QED) is 0.369. The number of carbonyl (C=O) groups is 1. The SMILES string of the molecule is CSc1nc(C2CC2)cc(C(=O)OCCCS(=O)(=O)c2ccccc2)c1C#N. The third-order valence-corrected chi connectivity index (χ3v) is 6.92. The average Bonchev–Trinajstić information content (AvgIpc) is 3.56. The summed E-state index contributed by atoms with van der Waals surface area (Å²) in [5.41, 5.74) is 1.22. The number of hydrogen-bond acceptors (Lipinski definition) is 7. The van der Waals surface area contributed by atoms with Crippen LogP contribution in [0.4, 0.5) is 0 Å². The minimum absolute atomic E-state index is 0.0363. The van der Waals surface area contributed by atoms with Crippen LogP contribution in [0.5, 0.6) is 0 Å². The van der Waals surface area contributed by atoms with E-state index in [2.05, 4.69) is 4.98 Å². The van der Waals surface area contributed by atoms with Crippen LogP contribution in [0.3, 0.4) is 0 Å². The molecule has 3 rings (SSSR count). The Hall–Kier alpha value is -2.37. The van der Waals surface area contributed by atoms with Crippen LogP contribution in [0.2, 0.25) is 0 Å². The molecule has 0 N–H and O–H groups in total. The van der Waals surface area contributed by atoms with Crippen LogP contribution in [0.15, 0.2) is 46.3 Å². The Kier molecular flexibility index (Phi) is 6.37. The summed E-state index contributed by atoms with van der Waals surface area (Å²) in [6.07, 6.45) is 4.04. The Morgan fingerprint density at radius 1 is 1.32 bits per heavy atom. The van der Waals surface area contributed by atoms with Crippen molar-refractivity contribution in [2.45, 2.75) is 35.1 Å². The maximum Gasteiger partial charge on any atom is 0.339 e. The number of rotatable bonds is 8. The van der Waals surface area contributed by atoms with Gasteiger partial charge in [0.15, 0.2) is 9.84 Å². The molecule has 0 spiro atoms.